The van der Waals surface area contributed by atoms with E-state index < -0.39 is 24.1 Å². The van der Waals surface area contributed by atoms with Crippen LogP contribution in [0.25, 0.3) is 11.1 Å². The van der Waals surface area contributed by atoms with E-state index in [1.165, 1.54) is 36.3 Å². The van der Waals surface area contributed by atoms with Gasteiger partial charge in [-0.05, 0) is 42.8 Å². The summed E-state index contributed by atoms with van der Waals surface area (Å²) < 4.78 is 37.1. The molecule has 0 saturated carbocycles. The molecule has 1 fully saturated rings. The zero-order valence-electron chi connectivity index (χ0n) is 21.9. The number of carbonyl (C=O) groups excluding carboxylic acids is 1. The maximum atomic E-state index is 14.3. The minimum atomic E-state index is -1.18. The van der Waals surface area contributed by atoms with Crippen molar-refractivity contribution in [1.29, 1.82) is 0 Å². The van der Waals surface area contributed by atoms with Gasteiger partial charge in [0.15, 0.2) is 23.5 Å². The highest BCUT2D eigenvalue weighted by atomic mass is 19.1. The largest absolute Gasteiger partial charge is 0.494 e. The van der Waals surface area contributed by atoms with Gasteiger partial charge in [-0.2, -0.15) is 4.98 Å². The number of nitrogens with zero attached hydrogens (tertiary/aromatic N) is 2. The van der Waals surface area contributed by atoms with Crippen molar-refractivity contribution in [2.75, 3.05) is 32.2 Å². The Morgan fingerprint density at radius 2 is 1.90 bits per heavy atom. The Hall–Kier alpha value is -4.80. The third kappa shape index (κ3) is 5.93. The summed E-state index contributed by atoms with van der Waals surface area (Å²) in [6.45, 7) is 1.64. The maximum absolute atomic E-state index is 14.3. The number of hydrogen-bond acceptors (Lipinski definition) is 8. The number of alkyl halides is 1. The summed E-state index contributed by atoms with van der Waals surface area (Å²) in [5, 5.41) is 12.2. The lowest BCUT2D eigenvalue weighted by Gasteiger charge is -2.24. The van der Waals surface area contributed by atoms with E-state index in [2.05, 4.69) is 10.3 Å². The number of oxazole rings is 1. The predicted octanol–water partition coefficient (Wildman–Crippen LogP) is 4.98. The number of rotatable bonds is 10. The Morgan fingerprint density at radius 1 is 1.12 bits per heavy atom. The molecule has 0 radical (unpaired) electrons. The summed E-state index contributed by atoms with van der Waals surface area (Å²) in [5.74, 6) is -0.266. The molecule has 2 N–H and O–H groups in total. The fourth-order valence-electron chi connectivity index (χ4n) is 4.53. The average Bonchev–Trinajstić information content (AvgIpc) is 3.54. The normalized spacial score (nSPS) is 16.6. The molecule has 10 nitrogen and oxygen atoms in total. The van der Waals surface area contributed by atoms with Crippen LogP contribution in [0.2, 0.25) is 0 Å². The molecule has 2 heterocycles. The second-order valence-electron chi connectivity index (χ2n) is 9.39. The molecule has 208 valence electrons. The van der Waals surface area contributed by atoms with Gasteiger partial charge in [-0.15, -0.1) is 0 Å². The summed E-state index contributed by atoms with van der Waals surface area (Å²) in [7, 11) is 1.50. The number of carbonyl (C=O) groups is 2. The van der Waals surface area contributed by atoms with Crippen LogP contribution < -0.4 is 19.5 Å². The van der Waals surface area contributed by atoms with Crippen LogP contribution in [0.1, 0.15) is 22.3 Å². The lowest BCUT2D eigenvalue weighted by molar-refractivity contribution is -0.134. The van der Waals surface area contributed by atoms with Crippen molar-refractivity contribution in [3.8, 4) is 17.2 Å². The van der Waals surface area contributed by atoms with E-state index in [1.54, 1.807) is 12.1 Å². The summed E-state index contributed by atoms with van der Waals surface area (Å²) in [5.41, 5.74) is 2.90. The van der Waals surface area contributed by atoms with Gasteiger partial charge in [-0.3, -0.25) is 4.79 Å². The molecular formula is C29H28FN3O7. The van der Waals surface area contributed by atoms with Gasteiger partial charge in [-0.25, -0.2) is 9.18 Å². The van der Waals surface area contributed by atoms with Gasteiger partial charge >= 0.3 is 5.97 Å². The number of aryl methyl sites for hydroxylation is 1. The van der Waals surface area contributed by atoms with E-state index in [1.807, 2.05) is 31.2 Å². The number of fused-ring (bicyclic) bond motifs is 1. The molecule has 40 heavy (non-hydrogen) atoms. The van der Waals surface area contributed by atoms with E-state index >= 15 is 0 Å². The summed E-state index contributed by atoms with van der Waals surface area (Å²) in [6.07, 6.45) is -1.05. The molecule has 11 heteroatoms. The molecule has 1 aliphatic heterocycles. The van der Waals surface area contributed by atoms with Crippen LogP contribution in [0.15, 0.2) is 65.1 Å². The minimum absolute atomic E-state index is 0.0626. The summed E-state index contributed by atoms with van der Waals surface area (Å²) >= 11 is 0. The van der Waals surface area contributed by atoms with Crippen LogP contribution in [0.3, 0.4) is 0 Å². The number of hydrogen-bond donors (Lipinski definition) is 2. The number of likely N-dealkylation sites (tertiary alicyclic amines) is 1. The quantitative estimate of drug-likeness (QED) is 0.282. The van der Waals surface area contributed by atoms with Gasteiger partial charge in [0.1, 0.15) is 24.3 Å². The summed E-state index contributed by atoms with van der Waals surface area (Å²) in [4.78, 5) is 29.9. The van der Waals surface area contributed by atoms with Gasteiger partial charge in [0.2, 0.25) is 0 Å². The van der Waals surface area contributed by atoms with Gasteiger partial charge in [0, 0.05) is 24.2 Å². The van der Waals surface area contributed by atoms with E-state index in [0.717, 1.165) is 11.3 Å². The molecule has 2 atom stereocenters. The van der Waals surface area contributed by atoms with Crippen LogP contribution in [0, 0.1) is 6.92 Å². The van der Waals surface area contributed by atoms with Crippen LogP contribution in [-0.2, 0) is 4.79 Å². The zero-order valence-corrected chi connectivity index (χ0v) is 21.9. The SMILES string of the molecule is COc1cc(OCC(=O)N2C[C@@H](F)C[C@H]2COc2ccc(C(=O)O)cc2)cc2oc(Nc3ccccc3C)nc12. The molecule has 1 aromatic heterocycles. The Balaban J connectivity index is 1.23. The Bertz CT molecular complexity index is 1520. The third-order valence-electron chi connectivity index (χ3n) is 6.63. The lowest BCUT2D eigenvalue weighted by Crippen LogP contribution is -2.41. The first kappa shape index (κ1) is 26.8. The molecule has 0 bridgehead atoms. The Kier molecular flexibility index (Phi) is 7.72. The number of anilines is 2. The highest BCUT2D eigenvalue weighted by Gasteiger charge is 2.36. The second-order valence-corrected chi connectivity index (χ2v) is 9.39. The van der Waals surface area contributed by atoms with E-state index in [-0.39, 0.29) is 37.8 Å². The van der Waals surface area contributed by atoms with Gasteiger partial charge in [0.05, 0.1) is 25.3 Å². The molecule has 0 aliphatic carbocycles. The fourth-order valence-corrected chi connectivity index (χ4v) is 4.53. The van der Waals surface area contributed by atoms with Gasteiger partial charge < -0.3 is 34.0 Å². The van der Waals surface area contributed by atoms with Crippen molar-refractivity contribution in [3.05, 3.63) is 71.8 Å². The zero-order chi connectivity index (χ0) is 28.2. The van der Waals surface area contributed by atoms with E-state index in [9.17, 15) is 14.0 Å². The number of amides is 1. The van der Waals surface area contributed by atoms with Crippen molar-refractivity contribution in [3.63, 3.8) is 0 Å². The van der Waals surface area contributed by atoms with Crippen LogP contribution in [-0.4, -0.2) is 65.9 Å². The minimum Gasteiger partial charge on any atom is -0.494 e. The Labute approximate surface area is 229 Å². The molecule has 3 aromatic carbocycles. The summed E-state index contributed by atoms with van der Waals surface area (Å²) in [6, 6.07) is 16.6. The molecular weight excluding hydrogens is 521 g/mol. The Morgan fingerprint density at radius 3 is 2.62 bits per heavy atom. The second kappa shape index (κ2) is 11.5. The number of halogens is 1. The van der Waals surface area contributed by atoms with Crippen molar-refractivity contribution >= 4 is 34.7 Å². The first-order chi connectivity index (χ1) is 19.3. The predicted molar refractivity (Wildman–Crippen MR) is 144 cm³/mol. The maximum Gasteiger partial charge on any atom is 0.335 e. The standard InChI is InChI=1S/C29H28FN3O7/c1-17-5-3-4-6-23(17)31-29-32-27-24(37-2)12-22(13-25(27)40-29)39-16-26(34)33-14-19(30)11-20(33)15-38-21-9-7-18(8-10-21)28(35)36/h3-10,12-13,19-20H,11,14-16H2,1-2H3,(H,31,32)(H,35,36)/t19-,20-/m0/s1. The van der Waals surface area contributed by atoms with Crippen LogP contribution in [0.5, 0.6) is 17.2 Å². The molecule has 1 amide bonds. The molecule has 5 rings (SSSR count). The van der Waals surface area contributed by atoms with E-state index in [0.29, 0.717) is 28.3 Å². The molecule has 1 aliphatic rings. The number of ether oxygens (including phenoxy) is 3. The average molecular weight is 550 g/mol. The number of para-hydroxylation sites is 1. The van der Waals surface area contributed by atoms with Crippen molar-refractivity contribution in [1.82, 2.24) is 9.88 Å². The van der Waals surface area contributed by atoms with E-state index in [4.69, 9.17) is 23.7 Å². The molecule has 1 saturated heterocycles. The van der Waals surface area contributed by atoms with Crippen molar-refractivity contribution in [2.45, 2.75) is 25.6 Å². The number of aromatic nitrogens is 1. The van der Waals surface area contributed by atoms with Crippen molar-refractivity contribution < 1.29 is 37.7 Å². The first-order valence-corrected chi connectivity index (χ1v) is 12.6. The smallest absolute Gasteiger partial charge is 0.335 e. The number of benzene rings is 3. The van der Waals surface area contributed by atoms with Gasteiger partial charge in [0.25, 0.3) is 11.9 Å². The number of methoxy groups -OCH3 is 1. The van der Waals surface area contributed by atoms with Crippen molar-refractivity contribution in [2.24, 2.45) is 0 Å². The fraction of sp³-hybridized carbons (Fsp3) is 0.276. The number of carboxylic acids is 1. The monoisotopic (exact) mass is 549 g/mol. The molecule has 0 unspecified atom stereocenters. The highest BCUT2D eigenvalue weighted by Crippen LogP contribution is 2.34. The third-order valence-corrected chi connectivity index (χ3v) is 6.63. The number of aromatic carboxylic acids is 1. The van der Waals surface area contributed by atoms with Crippen LogP contribution >= 0.6 is 0 Å². The number of carboxylic acid groups (broad SMARTS) is 1. The topological polar surface area (TPSA) is 123 Å². The first-order valence-electron chi connectivity index (χ1n) is 12.6. The number of nitrogens with one attached hydrogen (secondary N) is 1. The lowest BCUT2D eigenvalue weighted by atomic mass is 10.2. The van der Waals surface area contributed by atoms with Crippen LogP contribution in [0.4, 0.5) is 16.1 Å². The van der Waals surface area contributed by atoms with Gasteiger partial charge in [-0.1, -0.05) is 18.2 Å². The highest BCUT2D eigenvalue weighted by molar-refractivity contribution is 5.87. The molecule has 0 spiro atoms. The molecule has 4 aromatic rings.